The first-order valence-electron chi connectivity index (χ1n) is 14.5. The number of anilines is 1. The number of amides is 2. The zero-order valence-electron chi connectivity index (χ0n) is 25.2. The van der Waals surface area contributed by atoms with E-state index in [1.165, 1.54) is 17.0 Å². The van der Waals surface area contributed by atoms with E-state index in [1.54, 1.807) is 60.7 Å². The second-order valence-corrected chi connectivity index (χ2v) is 13.4. The number of aryl methyl sites for hydroxylation is 1. The minimum Gasteiger partial charge on any atom is -0.354 e. The summed E-state index contributed by atoms with van der Waals surface area (Å²) in [6.45, 7) is 5.81. The van der Waals surface area contributed by atoms with E-state index in [9.17, 15) is 18.0 Å². The molecule has 9 heteroatoms. The van der Waals surface area contributed by atoms with Gasteiger partial charge >= 0.3 is 0 Å². The predicted octanol–water partition coefficient (Wildman–Crippen LogP) is 6.26. The Morgan fingerprint density at radius 3 is 2.02 bits per heavy atom. The Labute approximate surface area is 265 Å². The lowest BCUT2D eigenvalue weighted by atomic mass is 10.0. The van der Waals surface area contributed by atoms with E-state index >= 15 is 0 Å². The lowest BCUT2D eigenvalue weighted by Gasteiger charge is -2.34. The van der Waals surface area contributed by atoms with Gasteiger partial charge in [0.15, 0.2) is 0 Å². The van der Waals surface area contributed by atoms with Crippen molar-refractivity contribution in [1.29, 1.82) is 0 Å². The molecule has 0 saturated carbocycles. The lowest BCUT2D eigenvalue weighted by Crippen LogP contribution is -2.53. The van der Waals surface area contributed by atoms with Crippen molar-refractivity contribution < 1.29 is 18.0 Å². The van der Waals surface area contributed by atoms with Crippen molar-refractivity contribution >= 4 is 39.1 Å². The monoisotopic (exact) mass is 631 g/mol. The van der Waals surface area contributed by atoms with Crippen molar-refractivity contribution in [1.82, 2.24) is 10.2 Å². The smallest absolute Gasteiger partial charge is 0.264 e. The number of nitrogens with one attached hydrogen (secondary N) is 1. The SMILES string of the molecule is Cc1ccc(N(CC(=O)N(Cc2ccccc2Cl)C(Cc2ccccc2)C(=O)NCC(C)C)S(=O)(=O)c2ccccc2)cc1. The van der Waals surface area contributed by atoms with Crippen molar-refractivity contribution in [2.24, 2.45) is 5.92 Å². The van der Waals surface area contributed by atoms with Crippen LogP contribution in [0.4, 0.5) is 5.69 Å². The maximum absolute atomic E-state index is 14.5. The van der Waals surface area contributed by atoms with Gasteiger partial charge in [0.1, 0.15) is 12.6 Å². The summed E-state index contributed by atoms with van der Waals surface area (Å²) in [5.41, 5.74) is 2.79. The van der Waals surface area contributed by atoms with Crippen LogP contribution in [0.3, 0.4) is 0 Å². The Kier molecular flexibility index (Phi) is 11.2. The molecule has 230 valence electrons. The molecule has 1 unspecified atom stereocenters. The maximum Gasteiger partial charge on any atom is 0.264 e. The Morgan fingerprint density at radius 2 is 1.41 bits per heavy atom. The fourth-order valence-corrected chi connectivity index (χ4v) is 6.38. The summed E-state index contributed by atoms with van der Waals surface area (Å²) in [7, 11) is -4.14. The minimum absolute atomic E-state index is 0.0121. The molecule has 0 aliphatic heterocycles. The molecule has 0 aliphatic carbocycles. The molecule has 2 amide bonds. The normalized spacial score (nSPS) is 12.0. The van der Waals surface area contributed by atoms with E-state index in [2.05, 4.69) is 5.32 Å². The molecular weight excluding hydrogens is 594 g/mol. The molecule has 0 radical (unpaired) electrons. The highest BCUT2D eigenvalue weighted by Crippen LogP contribution is 2.26. The molecule has 0 aliphatic rings. The van der Waals surface area contributed by atoms with Gasteiger partial charge in [0, 0.05) is 24.5 Å². The molecule has 0 fully saturated rings. The van der Waals surface area contributed by atoms with Gasteiger partial charge in [-0.05, 0) is 54.3 Å². The highest BCUT2D eigenvalue weighted by atomic mass is 35.5. The third-order valence-corrected chi connectivity index (χ3v) is 9.34. The van der Waals surface area contributed by atoms with Crippen LogP contribution in [0.1, 0.15) is 30.5 Å². The van der Waals surface area contributed by atoms with Crippen LogP contribution < -0.4 is 9.62 Å². The Hall–Kier alpha value is -4.14. The van der Waals surface area contributed by atoms with Gasteiger partial charge in [0.05, 0.1) is 10.6 Å². The Balaban J connectivity index is 1.79. The molecule has 1 atom stereocenters. The van der Waals surface area contributed by atoms with Crippen LogP contribution in [0.5, 0.6) is 0 Å². The van der Waals surface area contributed by atoms with Crippen LogP contribution in [-0.2, 0) is 32.6 Å². The molecular formula is C35H38ClN3O4S. The third kappa shape index (κ3) is 8.49. The van der Waals surface area contributed by atoms with Crippen molar-refractivity contribution in [3.05, 3.63) is 131 Å². The van der Waals surface area contributed by atoms with Crippen LogP contribution in [-0.4, -0.2) is 44.3 Å². The average Bonchev–Trinajstić information content (AvgIpc) is 3.02. The summed E-state index contributed by atoms with van der Waals surface area (Å²) < 4.78 is 29.1. The minimum atomic E-state index is -4.14. The van der Waals surface area contributed by atoms with E-state index in [1.807, 2.05) is 57.2 Å². The van der Waals surface area contributed by atoms with Crippen molar-refractivity contribution in [2.75, 3.05) is 17.4 Å². The summed E-state index contributed by atoms with van der Waals surface area (Å²) in [5, 5.41) is 3.43. The molecule has 0 aromatic heterocycles. The standard InChI is InChI=1S/C35H38ClN3O4S/c1-26(2)23-37-35(41)33(22-28-12-6-4-7-13-28)38(24-29-14-10-11-17-32(29)36)34(40)25-39(30-20-18-27(3)19-21-30)44(42,43)31-15-8-5-9-16-31/h4-21,26,33H,22-25H2,1-3H3,(H,37,41). The first-order valence-corrected chi connectivity index (χ1v) is 16.4. The zero-order chi connectivity index (χ0) is 31.7. The largest absolute Gasteiger partial charge is 0.354 e. The van der Waals surface area contributed by atoms with Gasteiger partial charge in [0.25, 0.3) is 10.0 Å². The summed E-state index contributed by atoms with van der Waals surface area (Å²) in [6, 6.07) is 30.6. The van der Waals surface area contributed by atoms with Gasteiger partial charge in [-0.25, -0.2) is 8.42 Å². The van der Waals surface area contributed by atoms with Crippen molar-refractivity contribution in [3.63, 3.8) is 0 Å². The lowest BCUT2D eigenvalue weighted by molar-refractivity contribution is -0.140. The maximum atomic E-state index is 14.5. The molecule has 0 heterocycles. The molecule has 4 aromatic rings. The third-order valence-electron chi connectivity index (χ3n) is 7.19. The number of rotatable bonds is 13. The summed E-state index contributed by atoms with van der Waals surface area (Å²) in [5.74, 6) is -0.668. The van der Waals surface area contributed by atoms with Crippen LogP contribution in [0.15, 0.2) is 114 Å². The van der Waals surface area contributed by atoms with Crippen LogP contribution in [0, 0.1) is 12.8 Å². The van der Waals surface area contributed by atoms with Gasteiger partial charge in [-0.3, -0.25) is 13.9 Å². The fourth-order valence-electron chi connectivity index (χ4n) is 4.75. The number of benzene rings is 4. The molecule has 44 heavy (non-hydrogen) atoms. The van der Waals surface area contributed by atoms with Crippen molar-refractivity contribution in [3.8, 4) is 0 Å². The molecule has 7 nitrogen and oxygen atoms in total. The highest BCUT2D eigenvalue weighted by Gasteiger charge is 2.34. The zero-order valence-corrected chi connectivity index (χ0v) is 26.8. The highest BCUT2D eigenvalue weighted by molar-refractivity contribution is 7.92. The number of halogens is 1. The van der Waals surface area contributed by atoms with E-state index in [0.29, 0.717) is 22.8 Å². The number of nitrogens with zero attached hydrogens (tertiary/aromatic N) is 2. The molecule has 0 bridgehead atoms. The molecule has 4 aromatic carbocycles. The van der Waals surface area contributed by atoms with Gasteiger partial charge in [-0.1, -0.05) is 110 Å². The van der Waals surface area contributed by atoms with Crippen LogP contribution >= 0.6 is 11.6 Å². The molecule has 0 spiro atoms. The predicted molar refractivity (Wildman–Crippen MR) is 176 cm³/mol. The van der Waals surface area contributed by atoms with Crippen molar-refractivity contribution in [2.45, 2.75) is 44.7 Å². The van der Waals surface area contributed by atoms with E-state index in [0.717, 1.165) is 15.4 Å². The summed E-state index contributed by atoms with van der Waals surface area (Å²) >= 11 is 6.54. The van der Waals surface area contributed by atoms with Crippen LogP contribution in [0.2, 0.25) is 5.02 Å². The summed E-state index contributed by atoms with van der Waals surface area (Å²) in [6.07, 6.45) is 0.233. The van der Waals surface area contributed by atoms with Gasteiger partial charge in [-0.2, -0.15) is 0 Å². The average molecular weight is 632 g/mol. The second kappa shape index (κ2) is 15.0. The Bertz CT molecular complexity index is 1650. The quantitative estimate of drug-likeness (QED) is 0.189. The number of sulfonamides is 1. The molecule has 4 rings (SSSR count). The van der Waals surface area contributed by atoms with Gasteiger partial charge in [-0.15, -0.1) is 0 Å². The second-order valence-electron chi connectivity index (χ2n) is 11.1. The number of hydrogen-bond acceptors (Lipinski definition) is 4. The van der Waals surface area contributed by atoms with Gasteiger partial charge in [0.2, 0.25) is 11.8 Å². The molecule has 1 N–H and O–H groups in total. The molecule has 0 saturated heterocycles. The topological polar surface area (TPSA) is 86.8 Å². The van der Waals surface area contributed by atoms with E-state index in [4.69, 9.17) is 11.6 Å². The fraction of sp³-hybridized carbons (Fsp3) is 0.257. The van der Waals surface area contributed by atoms with E-state index < -0.39 is 28.5 Å². The number of carbonyl (C=O) groups excluding carboxylic acids is 2. The van der Waals surface area contributed by atoms with Gasteiger partial charge < -0.3 is 10.2 Å². The number of hydrogen-bond donors (Lipinski definition) is 1. The first-order chi connectivity index (χ1) is 21.1. The Morgan fingerprint density at radius 1 is 0.818 bits per heavy atom. The first kappa shape index (κ1) is 32.8. The summed E-state index contributed by atoms with van der Waals surface area (Å²) in [4.78, 5) is 29.8. The van der Waals surface area contributed by atoms with E-state index in [-0.39, 0.29) is 29.7 Å². The number of carbonyl (C=O) groups is 2. The van der Waals surface area contributed by atoms with Crippen LogP contribution in [0.25, 0.3) is 0 Å².